The van der Waals surface area contributed by atoms with E-state index in [1.807, 2.05) is 48.5 Å². The summed E-state index contributed by atoms with van der Waals surface area (Å²) < 4.78 is 5.72. The summed E-state index contributed by atoms with van der Waals surface area (Å²) in [5.74, 6) is 0.212. The summed E-state index contributed by atoms with van der Waals surface area (Å²) in [6.07, 6.45) is 0. The number of para-hydroxylation sites is 1. The van der Waals surface area contributed by atoms with Crippen molar-refractivity contribution in [2.45, 2.75) is 38.7 Å². The fourth-order valence-corrected chi connectivity index (χ4v) is 2.81. The number of hydrogen-bond acceptors (Lipinski definition) is 3. The topological polar surface area (TPSA) is 62.5 Å². The van der Waals surface area contributed by atoms with Crippen molar-refractivity contribution < 1.29 is 14.3 Å². The molecule has 1 heterocycles. The van der Waals surface area contributed by atoms with Crippen molar-refractivity contribution in [3.05, 3.63) is 71.5 Å². The van der Waals surface area contributed by atoms with Crippen LogP contribution in [0, 0.1) is 0 Å². The van der Waals surface area contributed by atoms with Gasteiger partial charge in [-0.2, -0.15) is 0 Å². The van der Waals surface area contributed by atoms with Gasteiger partial charge >= 0.3 is 0 Å². The highest BCUT2D eigenvalue weighted by Crippen LogP contribution is 2.27. The van der Waals surface area contributed by atoms with Gasteiger partial charge in [0, 0.05) is 10.9 Å². The highest BCUT2D eigenvalue weighted by molar-refractivity contribution is 5.94. The van der Waals surface area contributed by atoms with Crippen molar-refractivity contribution in [2.24, 2.45) is 0 Å². The number of carbonyl (C=O) groups excluding carboxylic acids is 1. The zero-order valence-electron chi connectivity index (χ0n) is 15.7. The number of hydrogen-bond donors (Lipinski definition) is 2. The number of amides is 1. The van der Waals surface area contributed by atoms with Crippen molar-refractivity contribution in [2.75, 3.05) is 6.54 Å². The highest BCUT2D eigenvalue weighted by atomic mass is 16.4. The van der Waals surface area contributed by atoms with Gasteiger partial charge in [-0.25, -0.2) is 0 Å². The molecule has 0 saturated heterocycles. The fourth-order valence-electron chi connectivity index (χ4n) is 2.81. The average molecular weight is 351 g/mol. The molecule has 136 valence electrons. The summed E-state index contributed by atoms with van der Waals surface area (Å²) in [5, 5.41) is 14.4. The van der Waals surface area contributed by atoms with Gasteiger partial charge in [-0.05, 0) is 42.2 Å². The lowest BCUT2D eigenvalue weighted by Crippen LogP contribution is -2.38. The molecule has 0 saturated carbocycles. The van der Waals surface area contributed by atoms with Gasteiger partial charge in [-0.15, -0.1) is 0 Å². The molecule has 1 unspecified atom stereocenters. The monoisotopic (exact) mass is 351 g/mol. The van der Waals surface area contributed by atoms with Crippen LogP contribution in [-0.2, 0) is 11.0 Å². The van der Waals surface area contributed by atoms with Gasteiger partial charge in [0.15, 0.2) is 0 Å². The van der Waals surface area contributed by atoms with E-state index in [-0.39, 0.29) is 17.9 Å². The molecule has 4 nitrogen and oxygen atoms in total. The van der Waals surface area contributed by atoms with Crippen LogP contribution in [0.25, 0.3) is 11.0 Å². The number of furan rings is 1. The van der Waals surface area contributed by atoms with Gasteiger partial charge in [0.2, 0.25) is 0 Å². The Balaban J connectivity index is 1.69. The van der Waals surface area contributed by atoms with Crippen LogP contribution in [0.15, 0.2) is 59.0 Å². The van der Waals surface area contributed by atoms with E-state index < -0.39 is 5.60 Å². The third-order valence-corrected chi connectivity index (χ3v) is 4.56. The Bertz CT molecular complexity index is 881. The van der Waals surface area contributed by atoms with Crippen LogP contribution in [-0.4, -0.2) is 17.6 Å². The van der Waals surface area contributed by atoms with Crippen LogP contribution >= 0.6 is 0 Å². The Hall–Kier alpha value is -2.59. The lowest BCUT2D eigenvalue weighted by atomic mass is 9.86. The molecule has 2 N–H and O–H groups in total. The van der Waals surface area contributed by atoms with Gasteiger partial charge in [0.25, 0.3) is 5.91 Å². The van der Waals surface area contributed by atoms with Crippen LogP contribution in [0.5, 0.6) is 0 Å². The summed E-state index contributed by atoms with van der Waals surface area (Å²) in [4.78, 5) is 12.4. The predicted octanol–water partition coefficient (Wildman–Crippen LogP) is 4.37. The molecule has 0 aliphatic heterocycles. The Morgan fingerprint density at radius 3 is 2.31 bits per heavy atom. The van der Waals surface area contributed by atoms with Crippen LogP contribution < -0.4 is 5.32 Å². The average Bonchev–Trinajstić information content (AvgIpc) is 3.04. The Kier molecular flexibility index (Phi) is 4.63. The summed E-state index contributed by atoms with van der Waals surface area (Å²) in [7, 11) is 0. The molecule has 0 fully saturated rings. The Morgan fingerprint density at radius 1 is 1.04 bits per heavy atom. The minimum Gasteiger partial charge on any atom is -0.458 e. The lowest BCUT2D eigenvalue weighted by Gasteiger charge is -2.21. The molecule has 26 heavy (non-hydrogen) atoms. The summed E-state index contributed by atoms with van der Waals surface area (Å²) in [6, 6.07) is 16.9. The van der Waals surface area contributed by atoms with Gasteiger partial charge < -0.3 is 14.8 Å². The number of rotatable bonds is 4. The first-order chi connectivity index (χ1) is 12.2. The molecule has 0 aliphatic rings. The third kappa shape index (κ3) is 3.81. The minimum absolute atomic E-state index is 0.0416. The van der Waals surface area contributed by atoms with Crippen molar-refractivity contribution in [3.8, 4) is 0 Å². The summed E-state index contributed by atoms with van der Waals surface area (Å²) in [5.41, 5.74) is 1.20. The second-order valence-corrected chi connectivity index (χ2v) is 7.93. The number of carbonyl (C=O) groups is 1. The van der Waals surface area contributed by atoms with E-state index in [0.717, 1.165) is 5.39 Å². The van der Waals surface area contributed by atoms with Crippen molar-refractivity contribution in [1.29, 1.82) is 0 Å². The molecular formula is C22H25NO3. The van der Waals surface area contributed by atoms with Crippen LogP contribution in [0.2, 0.25) is 0 Å². The molecule has 2 aromatic carbocycles. The molecule has 3 aromatic rings. The minimum atomic E-state index is -1.29. The standard InChI is InChI=1S/C22H25NO3/c1-21(2,3)17-11-9-15(10-12-17)20(24)23-14-22(4,25)19-13-16-7-5-6-8-18(16)26-19/h5-13,25H,14H2,1-4H3,(H,23,24). The maximum Gasteiger partial charge on any atom is 0.251 e. The van der Waals surface area contributed by atoms with Gasteiger partial charge in [0.05, 0.1) is 6.54 Å². The third-order valence-electron chi connectivity index (χ3n) is 4.56. The summed E-state index contributed by atoms with van der Waals surface area (Å²) in [6.45, 7) is 8.09. The van der Waals surface area contributed by atoms with Gasteiger partial charge in [-0.3, -0.25) is 4.79 Å². The second kappa shape index (κ2) is 6.61. The highest BCUT2D eigenvalue weighted by Gasteiger charge is 2.28. The van der Waals surface area contributed by atoms with Crippen LogP contribution in [0.4, 0.5) is 0 Å². The van der Waals surface area contributed by atoms with Gasteiger partial charge in [0.1, 0.15) is 16.9 Å². The van der Waals surface area contributed by atoms with E-state index in [1.54, 1.807) is 13.0 Å². The maximum atomic E-state index is 12.4. The zero-order chi connectivity index (χ0) is 18.9. The lowest BCUT2D eigenvalue weighted by molar-refractivity contribution is 0.0344. The molecule has 0 bridgehead atoms. The molecule has 0 radical (unpaired) electrons. The molecule has 0 aliphatic carbocycles. The fraction of sp³-hybridized carbons (Fsp3) is 0.318. The first-order valence-corrected chi connectivity index (χ1v) is 8.77. The molecule has 1 amide bonds. The first kappa shape index (κ1) is 18.2. The normalized spacial score (nSPS) is 14.2. The summed E-state index contributed by atoms with van der Waals surface area (Å²) >= 11 is 0. The molecule has 1 aromatic heterocycles. The smallest absolute Gasteiger partial charge is 0.251 e. The van der Waals surface area contributed by atoms with Crippen molar-refractivity contribution in [3.63, 3.8) is 0 Å². The van der Waals surface area contributed by atoms with E-state index in [1.165, 1.54) is 5.56 Å². The Labute approximate surface area is 153 Å². The molecule has 1 atom stereocenters. The molecule has 4 heteroatoms. The SMILES string of the molecule is CC(C)(C)c1ccc(C(=O)NCC(C)(O)c2cc3ccccc3o2)cc1. The van der Waals surface area contributed by atoms with Crippen molar-refractivity contribution >= 4 is 16.9 Å². The maximum absolute atomic E-state index is 12.4. The van der Waals surface area contributed by atoms with E-state index in [9.17, 15) is 9.90 Å². The Morgan fingerprint density at radius 2 is 1.69 bits per heavy atom. The zero-order valence-corrected chi connectivity index (χ0v) is 15.7. The van der Waals surface area contributed by atoms with Crippen LogP contribution in [0.1, 0.15) is 49.4 Å². The predicted molar refractivity (Wildman–Crippen MR) is 103 cm³/mol. The molecule has 3 rings (SSSR count). The quantitative estimate of drug-likeness (QED) is 0.734. The largest absolute Gasteiger partial charge is 0.458 e. The number of fused-ring (bicyclic) bond motifs is 1. The van der Waals surface area contributed by atoms with Gasteiger partial charge in [-0.1, -0.05) is 51.1 Å². The van der Waals surface area contributed by atoms with E-state index in [2.05, 4.69) is 26.1 Å². The first-order valence-electron chi connectivity index (χ1n) is 8.77. The van der Waals surface area contributed by atoms with E-state index >= 15 is 0 Å². The number of benzene rings is 2. The van der Waals surface area contributed by atoms with E-state index in [0.29, 0.717) is 16.9 Å². The van der Waals surface area contributed by atoms with Crippen molar-refractivity contribution in [1.82, 2.24) is 5.32 Å². The van der Waals surface area contributed by atoms with E-state index in [4.69, 9.17) is 4.42 Å². The molecule has 0 spiro atoms. The van der Waals surface area contributed by atoms with Crippen LogP contribution in [0.3, 0.4) is 0 Å². The second-order valence-electron chi connectivity index (χ2n) is 7.93. The number of nitrogens with one attached hydrogen (secondary N) is 1. The number of aliphatic hydroxyl groups is 1. The molecular weight excluding hydrogens is 326 g/mol.